The van der Waals surface area contributed by atoms with E-state index in [4.69, 9.17) is 9.47 Å². The molecule has 1 saturated heterocycles. The summed E-state index contributed by atoms with van der Waals surface area (Å²) in [5, 5.41) is 9.20. The summed E-state index contributed by atoms with van der Waals surface area (Å²) in [6, 6.07) is 7.09. The topological polar surface area (TPSA) is 96.5 Å². The number of hydrogen-bond donors (Lipinski definition) is 2. The van der Waals surface area contributed by atoms with E-state index in [1.165, 1.54) is 6.07 Å². The molecule has 8 heteroatoms. The van der Waals surface area contributed by atoms with Crippen molar-refractivity contribution < 1.29 is 14.3 Å². The minimum atomic E-state index is -0.243. The first-order valence-electron chi connectivity index (χ1n) is 8.89. The fourth-order valence-corrected chi connectivity index (χ4v) is 3.29. The highest BCUT2D eigenvalue weighted by atomic mass is 16.5. The second-order valence-corrected chi connectivity index (χ2v) is 6.50. The molecule has 27 heavy (non-hydrogen) atoms. The number of benzene rings is 1. The van der Waals surface area contributed by atoms with Gasteiger partial charge < -0.3 is 19.7 Å². The highest BCUT2D eigenvalue weighted by Gasteiger charge is 2.26. The van der Waals surface area contributed by atoms with E-state index in [2.05, 4.69) is 15.5 Å². The molecule has 0 radical (unpaired) electrons. The van der Waals surface area contributed by atoms with Crippen molar-refractivity contribution >= 4 is 11.6 Å². The molecule has 2 heterocycles. The lowest BCUT2D eigenvalue weighted by Crippen LogP contribution is -2.43. The largest absolute Gasteiger partial charge is 0.493 e. The number of nitrogens with zero attached hydrogens (tertiary/aromatic N) is 2. The molecule has 1 aromatic carbocycles. The Balaban J connectivity index is 1.60. The molecule has 2 N–H and O–H groups in total. The van der Waals surface area contributed by atoms with Crippen LogP contribution in [0.3, 0.4) is 0 Å². The predicted molar refractivity (Wildman–Crippen MR) is 101 cm³/mol. The van der Waals surface area contributed by atoms with E-state index in [0.717, 1.165) is 30.6 Å². The van der Waals surface area contributed by atoms with Crippen LogP contribution in [0.15, 0.2) is 35.3 Å². The maximum absolute atomic E-state index is 12.6. The van der Waals surface area contributed by atoms with Gasteiger partial charge in [-0.25, -0.2) is 5.10 Å². The number of hydrogen-bond acceptors (Lipinski definition) is 6. The zero-order chi connectivity index (χ0) is 19.2. The molecule has 0 aliphatic carbocycles. The molecule has 1 aliphatic rings. The standard InChI is InChI=1S/C19H24N4O4/c1-26-16-6-5-13(8-17(16)27-2)10-20-19(25)14-4-3-7-23(12-14)15-9-18(24)22-21-11-15/h5-6,8-9,11,14H,3-4,7,10,12H2,1-2H3,(H,20,25)(H,22,24)/t14-/m0/s1. The Morgan fingerprint density at radius 3 is 2.85 bits per heavy atom. The van der Waals surface area contributed by atoms with Crippen molar-refractivity contribution in [1.29, 1.82) is 0 Å². The first kappa shape index (κ1) is 18.8. The molecule has 1 aromatic heterocycles. The summed E-state index contributed by atoms with van der Waals surface area (Å²) in [6.07, 6.45) is 3.33. The van der Waals surface area contributed by atoms with Crippen LogP contribution in [-0.4, -0.2) is 43.4 Å². The lowest BCUT2D eigenvalue weighted by Gasteiger charge is -2.33. The van der Waals surface area contributed by atoms with E-state index >= 15 is 0 Å². The molecule has 0 bridgehead atoms. The van der Waals surface area contributed by atoms with Crippen molar-refractivity contribution in [2.45, 2.75) is 19.4 Å². The number of anilines is 1. The fourth-order valence-electron chi connectivity index (χ4n) is 3.29. The van der Waals surface area contributed by atoms with Crippen LogP contribution < -0.4 is 25.2 Å². The average molecular weight is 372 g/mol. The van der Waals surface area contributed by atoms with Gasteiger partial charge in [-0.1, -0.05) is 6.07 Å². The van der Waals surface area contributed by atoms with Crippen LogP contribution in [0.2, 0.25) is 0 Å². The summed E-state index contributed by atoms with van der Waals surface area (Å²) in [7, 11) is 3.17. The lowest BCUT2D eigenvalue weighted by atomic mass is 9.96. The molecular formula is C19H24N4O4. The number of methoxy groups -OCH3 is 2. The van der Waals surface area contributed by atoms with E-state index in [-0.39, 0.29) is 17.4 Å². The summed E-state index contributed by atoms with van der Waals surface area (Å²) in [5.74, 6) is 1.17. The fraction of sp³-hybridized carbons (Fsp3) is 0.421. The number of H-pyrrole nitrogens is 1. The molecule has 144 valence electrons. The van der Waals surface area contributed by atoms with E-state index in [0.29, 0.717) is 24.6 Å². The van der Waals surface area contributed by atoms with Crippen molar-refractivity contribution in [3.05, 3.63) is 46.4 Å². The summed E-state index contributed by atoms with van der Waals surface area (Å²) in [5.41, 5.74) is 1.44. The zero-order valence-corrected chi connectivity index (χ0v) is 15.5. The van der Waals surface area contributed by atoms with Gasteiger partial charge in [-0.15, -0.1) is 0 Å². The maximum Gasteiger partial charge on any atom is 0.266 e. The van der Waals surface area contributed by atoms with Gasteiger partial charge in [-0.05, 0) is 30.5 Å². The quantitative estimate of drug-likeness (QED) is 0.794. The lowest BCUT2D eigenvalue weighted by molar-refractivity contribution is -0.125. The van der Waals surface area contributed by atoms with E-state index in [9.17, 15) is 9.59 Å². The summed E-state index contributed by atoms with van der Waals surface area (Å²) in [6.45, 7) is 1.80. The molecule has 8 nitrogen and oxygen atoms in total. The third-order valence-electron chi connectivity index (χ3n) is 4.72. The third kappa shape index (κ3) is 4.58. The molecule has 0 unspecified atom stereocenters. The average Bonchev–Trinajstić information content (AvgIpc) is 2.71. The second-order valence-electron chi connectivity index (χ2n) is 6.50. The van der Waals surface area contributed by atoms with Gasteiger partial charge in [0.25, 0.3) is 5.56 Å². The van der Waals surface area contributed by atoms with Gasteiger partial charge in [0.2, 0.25) is 5.91 Å². The van der Waals surface area contributed by atoms with Crippen LogP contribution >= 0.6 is 0 Å². The molecular weight excluding hydrogens is 348 g/mol. The first-order valence-corrected chi connectivity index (χ1v) is 8.89. The first-order chi connectivity index (χ1) is 13.1. The molecule has 1 fully saturated rings. The van der Waals surface area contributed by atoms with Crippen molar-refractivity contribution in [3.8, 4) is 11.5 Å². The van der Waals surface area contributed by atoms with Crippen LogP contribution in [0.4, 0.5) is 5.69 Å². The highest BCUT2D eigenvalue weighted by molar-refractivity contribution is 5.79. The van der Waals surface area contributed by atoms with Crippen molar-refractivity contribution in [3.63, 3.8) is 0 Å². The van der Waals surface area contributed by atoms with E-state index in [1.807, 2.05) is 23.1 Å². The Labute approximate surface area is 157 Å². The van der Waals surface area contributed by atoms with Crippen molar-refractivity contribution in [2.75, 3.05) is 32.2 Å². The number of piperidine rings is 1. The molecule has 0 spiro atoms. The van der Waals surface area contributed by atoms with Gasteiger partial charge in [0, 0.05) is 25.7 Å². The number of aromatic amines is 1. The molecule has 2 aromatic rings. The van der Waals surface area contributed by atoms with Crippen LogP contribution in [0.25, 0.3) is 0 Å². The number of aromatic nitrogens is 2. The minimum absolute atomic E-state index is 0.00675. The van der Waals surface area contributed by atoms with Crippen LogP contribution in [0.1, 0.15) is 18.4 Å². The zero-order valence-electron chi connectivity index (χ0n) is 15.5. The predicted octanol–water partition coefficient (Wildman–Crippen LogP) is 1.32. The Morgan fingerprint density at radius 1 is 1.30 bits per heavy atom. The van der Waals surface area contributed by atoms with Gasteiger partial charge in [-0.2, -0.15) is 5.10 Å². The van der Waals surface area contributed by atoms with Crippen LogP contribution in [0, 0.1) is 5.92 Å². The number of nitrogens with one attached hydrogen (secondary N) is 2. The van der Waals surface area contributed by atoms with Gasteiger partial charge >= 0.3 is 0 Å². The number of ether oxygens (including phenoxy) is 2. The Hall–Kier alpha value is -3.03. The maximum atomic E-state index is 12.6. The monoisotopic (exact) mass is 372 g/mol. The molecule has 0 saturated carbocycles. The summed E-state index contributed by atoms with van der Waals surface area (Å²) < 4.78 is 10.5. The van der Waals surface area contributed by atoms with Crippen LogP contribution in [0.5, 0.6) is 11.5 Å². The van der Waals surface area contributed by atoms with Crippen molar-refractivity contribution in [2.24, 2.45) is 5.92 Å². The second kappa shape index (κ2) is 8.57. The molecule has 3 rings (SSSR count). The van der Waals surface area contributed by atoms with E-state index in [1.54, 1.807) is 20.4 Å². The summed E-state index contributed by atoms with van der Waals surface area (Å²) in [4.78, 5) is 26.1. The SMILES string of the molecule is COc1ccc(CNC(=O)[C@H]2CCCN(c3cn[nH]c(=O)c3)C2)cc1OC. The van der Waals surface area contributed by atoms with Gasteiger partial charge in [0.15, 0.2) is 11.5 Å². The Kier molecular flexibility index (Phi) is 5.95. The van der Waals surface area contributed by atoms with Crippen molar-refractivity contribution in [1.82, 2.24) is 15.5 Å². The highest BCUT2D eigenvalue weighted by Crippen LogP contribution is 2.27. The molecule has 1 atom stereocenters. The number of carbonyl (C=O) groups excluding carboxylic acids is 1. The van der Waals surface area contributed by atoms with E-state index < -0.39 is 0 Å². The molecule has 1 aliphatic heterocycles. The van der Waals surface area contributed by atoms with Gasteiger partial charge in [0.05, 0.1) is 32.0 Å². The van der Waals surface area contributed by atoms with Crippen LogP contribution in [-0.2, 0) is 11.3 Å². The number of amides is 1. The smallest absolute Gasteiger partial charge is 0.266 e. The Morgan fingerprint density at radius 2 is 2.11 bits per heavy atom. The summed E-state index contributed by atoms with van der Waals surface area (Å²) >= 11 is 0. The molecule has 1 amide bonds. The van der Waals surface area contributed by atoms with Gasteiger partial charge in [-0.3, -0.25) is 9.59 Å². The normalized spacial score (nSPS) is 16.7. The third-order valence-corrected chi connectivity index (χ3v) is 4.72. The number of carbonyl (C=O) groups is 1. The minimum Gasteiger partial charge on any atom is -0.493 e. The Bertz CT molecular complexity index is 852. The van der Waals surface area contributed by atoms with Gasteiger partial charge in [0.1, 0.15) is 0 Å². The number of rotatable bonds is 6.